The molecule has 1 fully saturated rings. The second-order valence-electron chi connectivity index (χ2n) is 6.19. The van der Waals surface area contributed by atoms with Gasteiger partial charge in [-0.1, -0.05) is 0 Å². The number of rotatable bonds is 6. The van der Waals surface area contributed by atoms with Crippen LogP contribution < -0.4 is 25.0 Å². The van der Waals surface area contributed by atoms with Crippen LogP contribution in [0.3, 0.4) is 0 Å². The zero-order valence-electron chi connectivity index (χ0n) is 16.4. The van der Waals surface area contributed by atoms with E-state index in [2.05, 4.69) is 16.8 Å². The zero-order valence-corrected chi connectivity index (χ0v) is 17.2. The lowest BCUT2D eigenvalue weighted by molar-refractivity contribution is -0.0478. The van der Waals surface area contributed by atoms with Gasteiger partial charge >= 0.3 is 6.16 Å². The number of thioether (sulfide) groups is 1. The summed E-state index contributed by atoms with van der Waals surface area (Å²) in [6.07, 6.45) is -0.643. The number of nitrogens with zero attached hydrogens (tertiary/aromatic N) is 2. The minimum atomic E-state index is -1.40. The number of nitrogens with one attached hydrogen (secondary N) is 2. The number of benzene rings is 1. The van der Waals surface area contributed by atoms with Gasteiger partial charge < -0.3 is 29.5 Å². The molecule has 29 heavy (non-hydrogen) atoms. The minimum absolute atomic E-state index is 0.280. The molecule has 0 spiro atoms. The Kier molecular flexibility index (Phi) is 6.26. The van der Waals surface area contributed by atoms with E-state index in [0.29, 0.717) is 27.9 Å². The summed E-state index contributed by atoms with van der Waals surface area (Å²) >= 11 is 1.40. The number of fused-ring (bicyclic) bond motifs is 1. The predicted octanol–water partition coefficient (Wildman–Crippen LogP) is 2.01. The van der Waals surface area contributed by atoms with Crippen molar-refractivity contribution in [2.45, 2.75) is 24.9 Å². The molecule has 1 saturated heterocycles. The first kappa shape index (κ1) is 20.9. The lowest BCUT2D eigenvalue weighted by Crippen LogP contribution is -2.59. The highest BCUT2D eigenvalue weighted by Crippen LogP contribution is 2.47. The fourth-order valence-corrected chi connectivity index (χ4v) is 4.20. The van der Waals surface area contributed by atoms with Crippen molar-refractivity contribution < 1.29 is 28.8 Å². The van der Waals surface area contributed by atoms with Gasteiger partial charge in [-0.05, 0) is 18.4 Å². The highest BCUT2D eigenvalue weighted by molar-refractivity contribution is 8.02. The molecule has 10 nitrogen and oxygen atoms in total. The highest BCUT2D eigenvalue weighted by Gasteiger charge is 2.46. The van der Waals surface area contributed by atoms with Crippen LogP contribution in [0.15, 0.2) is 22.7 Å². The minimum Gasteiger partial charge on any atom is -0.493 e. The molecule has 0 aromatic heterocycles. The van der Waals surface area contributed by atoms with E-state index in [4.69, 9.17) is 24.1 Å². The number of hydrogen-bond acceptors (Lipinski definition) is 10. The van der Waals surface area contributed by atoms with Crippen LogP contribution >= 0.6 is 11.8 Å². The molecule has 2 heterocycles. The normalized spacial score (nSPS) is 23.6. The van der Waals surface area contributed by atoms with Crippen LogP contribution in [-0.4, -0.2) is 56.2 Å². The number of hydrogen-bond donors (Lipinski definition) is 3. The zero-order chi connectivity index (χ0) is 21.1. The first-order chi connectivity index (χ1) is 14.0. The van der Waals surface area contributed by atoms with Crippen LogP contribution in [0, 0.1) is 11.3 Å². The molecule has 0 bridgehead atoms. The molecule has 11 heteroatoms. The van der Waals surface area contributed by atoms with E-state index in [0.717, 1.165) is 5.56 Å². The summed E-state index contributed by atoms with van der Waals surface area (Å²) in [6.45, 7) is 0. The molecule has 2 aliphatic heterocycles. The molecule has 1 aromatic rings. The molecule has 156 valence electrons. The van der Waals surface area contributed by atoms with Gasteiger partial charge in [0.25, 0.3) is 0 Å². The molecule has 3 N–H and O–H groups in total. The molecule has 0 radical (unpaired) electrons. The molecule has 2 aliphatic rings. The Morgan fingerprint density at radius 2 is 2.00 bits per heavy atom. The Morgan fingerprint density at radius 3 is 2.55 bits per heavy atom. The van der Waals surface area contributed by atoms with E-state index in [1.54, 1.807) is 6.07 Å². The lowest BCUT2D eigenvalue weighted by Gasteiger charge is -2.42. The third-order valence-electron chi connectivity index (χ3n) is 4.81. The van der Waals surface area contributed by atoms with Crippen LogP contribution in [0.4, 0.5) is 4.79 Å². The lowest BCUT2D eigenvalue weighted by atomic mass is 9.97. The number of methoxy groups -OCH3 is 3. The van der Waals surface area contributed by atoms with Crippen molar-refractivity contribution in [3.63, 3.8) is 0 Å². The van der Waals surface area contributed by atoms with Gasteiger partial charge in [-0.3, -0.25) is 5.32 Å². The van der Waals surface area contributed by atoms with Crippen LogP contribution in [0.25, 0.3) is 0 Å². The number of hydrazine groups is 1. The fraction of sp³-hybridized carbons (Fsp3) is 0.444. The van der Waals surface area contributed by atoms with Crippen LogP contribution in [0.2, 0.25) is 0 Å². The van der Waals surface area contributed by atoms with Gasteiger partial charge in [-0.2, -0.15) is 10.3 Å². The maximum Gasteiger partial charge on any atom is 0.507 e. The Labute approximate surface area is 172 Å². The summed E-state index contributed by atoms with van der Waals surface area (Å²) in [5.74, 6) is 1.40. The SMILES string of the molecule is COc1ccc(C2CC(OC(=O)O)NC3C(C#N)=C(SC)NN32)c(OC)c1OC. The van der Waals surface area contributed by atoms with Crippen molar-refractivity contribution in [1.82, 2.24) is 15.8 Å². The monoisotopic (exact) mass is 422 g/mol. The van der Waals surface area contributed by atoms with Crippen LogP contribution in [-0.2, 0) is 4.74 Å². The molecular weight excluding hydrogens is 400 g/mol. The van der Waals surface area contributed by atoms with Crippen LogP contribution in [0.1, 0.15) is 18.0 Å². The van der Waals surface area contributed by atoms with Gasteiger partial charge in [0.2, 0.25) is 5.75 Å². The number of ether oxygens (including phenoxy) is 4. The maximum absolute atomic E-state index is 11.1. The number of carboxylic acid groups (broad SMARTS) is 1. The van der Waals surface area contributed by atoms with Crippen molar-refractivity contribution >= 4 is 17.9 Å². The highest BCUT2D eigenvalue weighted by atomic mass is 32.2. The van der Waals surface area contributed by atoms with Gasteiger partial charge in [0.15, 0.2) is 17.7 Å². The third kappa shape index (κ3) is 3.74. The van der Waals surface area contributed by atoms with Crippen molar-refractivity contribution in [2.75, 3.05) is 27.6 Å². The number of carbonyl (C=O) groups is 1. The van der Waals surface area contributed by atoms with Crippen LogP contribution in [0.5, 0.6) is 17.2 Å². The smallest absolute Gasteiger partial charge is 0.493 e. The first-order valence-electron chi connectivity index (χ1n) is 8.66. The van der Waals surface area contributed by atoms with Crippen molar-refractivity contribution in [3.05, 3.63) is 28.3 Å². The van der Waals surface area contributed by atoms with Gasteiger partial charge in [-0.25, -0.2) is 4.79 Å². The third-order valence-corrected chi connectivity index (χ3v) is 5.52. The van der Waals surface area contributed by atoms with E-state index in [1.165, 1.54) is 33.1 Å². The Morgan fingerprint density at radius 1 is 1.28 bits per heavy atom. The average molecular weight is 422 g/mol. The van der Waals surface area contributed by atoms with E-state index < -0.39 is 18.5 Å². The summed E-state index contributed by atoms with van der Waals surface area (Å²) < 4.78 is 21.4. The van der Waals surface area contributed by atoms with Gasteiger partial charge in [-0.15, -0.1) is 11.8 Å². The summed E-state index contributed by atoms with van der Waals surface area (Å²) in [6, 6.07) is 5.40. The largest absolute Gasteiger partial charge is 0.507 e. The van der Waals surface area contributed by atoms with E-state index in [9.17, 15) is 10.1 Å². The van der Waals surface area contributed by atoms with Gasteiger partial charge in [0.1, 0.15) is 12.2 Å². The number of nitriles is 1. The first-order valence-corrected chi connectivity index (χ1v) is 9.89. The van der Waals surface area contributed by atoms with Gasteiger partial charge in [0.05, 0.1) is 38.0 Å². The summed E-state index contributed by atoms with van der Waals surface area (Å²) in [5.41, 5.74) is 4.44. The van der Waals surface area contributed by atoms with Crippen molar-refractivity contribution in [2.24, 2.45) is 0 Å². The Hall–Kier alpha value is -2.81. The molecule has 3 atom stereocenters. The molecule has 3 unspecified atom stereocenters. The maximum atomic E-state index is 11.1. The molecule has 0 aliphatic carbocycles. The quantitative estimate of drug-likeness (QED) is 0.583. The van der Waals surface area contributed by atoms with E-state index in [-0.39, 0.29) is 12.5 Å². The standard InChI is InChI=1S/C18H22N4O6S/c1-25-12-6-5-9(14(26-2)15(12)27-3)11-7-13(28-18(23)24)20-16-10(8-19)17(29-4)21-22(11)16/h5-6,11,13,16,20-21H,7H2,1-4H3,(H,23,24). The molecule has 1 aromatic carbocycles. The fourth-order valence-electron chi connectivity index (χ4n) is 3.62. The van der Waals surface area contributed by atoms with Gasteiger partial charge in [0, 0.05) is 12.0 Å². The Balaban J connectivity index is 2.08. The molecule has 0 saturated carbocycles. The molecule has 3 rings (SSSR count). The molecule has 0 amide bonds. The van der Waals surface area contributed by atoms with E-state index >= 15 is 0 Å². The summed E-state index contributed by atoms with van der Waals surface area (Å²) in [7, 11) is 4.57. The van der Waals surface area contributed by atoms with E-state index in [1.807, 2.05) is 17.3 Å². The summed E-state index contributed by atoms with van der Waals surface area (Å²) in [4.78, 5) is 11.1. The summed E-state index contributed by atoms with van der Waals surface area (Å²) in [5, 5.41) is 24.4. The van der Waals surface area contributed by atoms with Crippen molar-refractivity contribution in [3.8, 4) is 23.3 Å². The topological polar surface area (TPSA) is 125 Å². The predicted molar refractivity (Wildman–Crippen MR) is 104 cm³/mol. The molecular formula is C18H22N4O6S. The van der Waals surface area contributed by atoms with Crippen molar-refractivity contribution in [1.29, 1.82) is 5.26 Å². The average Bonchev–Trinajstić information content (AvgIpc) is 3.08. The second kappa shape index (κ2) is 8.69. The second-order valence-corrected chi connectivity index (χ2v) is 7.01. The Bertz CT molecular complexity index is 871.